The lowest BCUT2D eigenvalue weighted by Gasteiger charge is -2.25. The van der Waals surface area contributed by atoms with Crippen molar-refractivity contribution in [2.75, 3.05) is 25.2 Å². The van der Waals surface area contributed by atoms with Crippen LogP contribution < -0.4 is 0 Å². The smallest absolute Gasteiger partial charge is 0.311 e. The van der Waals surface area contributed by atoms with Crippen molar-refractivity contribution in [2.24, 2.45) is 0 Å². The molecule has 0 bridgehead atoms. The van der Waals surface area contributed by atoms with Gasteiger partial charge in [-0.25, -0.2) is 13.4 Å². The van der Waals surface area contributed by atoms with E-state index in [0.717, 1.165) is 0 Å². The molecular formula is C15H22N2O5S3. The highest BCUT2D eigenvalue weighted by molar-refractivity contribution is 8.02. The molecule has 140 valence electrons. The van der Waals surface area contributed by atoms with E-state index in [2.05, 4.69) is 4.98 Å². The first-order chi connectivity index (χ1) is 11.7. The largest absolute Gasteiger partial charge is 0.466 e. The molecule has 1 amide bonds. The van der Waals surface area contributed by atoms with Gasteiger partial charge in [0.2, 0.25) is 5.91 Å². The van der Waals surface area contributed by atoms with E-state index >= 15 is 0 Å². The lowest BCUT2D eigenvalue weighted by atomic mass is 10.2. The van der Waals surface area contributed by atoms with Crippen LogP contribution in [0.15, 0.2) is 9.72 Å². The molecule has 0 unspecified atom stereocenters. The quantitative estimate of drug-likeness (QED) is 0.499. The van der Waals surface area contributed by atoms with Gasteiger partial charge in [-0.15, -0.1) is 11.3 Å². The highest BCUT2D eigenvalue weighted by Gasteiger charge is 2.34. The maximum atomic E-state index is 12.5. The third-order valence-electron chi connectivity index (χ3n) is 3.89. The fraction of sp³-hybridized carbons (Fsp3) is 0.667. The molecule has 0 N–H and O–H groups in total. The van der Waals surface area contributed by atoms with Crippen LogP contribution in [-0.2, 0) is 30.6 Å². The van der Waals surface area contributed by atoms with Crippen molar-refractivity contribution in [3.63, 3.8) is 0 Å². The SMILES string of the molecule is CCOC(=O)Cc1csc(S[C@@H](C)C(=O)N(C)[C@@H]2CCS(=O)(=O)C2)n1. The predicted molar refractivity (Wildman–Crippen MR) is 97.6 cm³/mol. The van der Waals surface area contributed by atoms with E-state index in [1.54, 1.807) is 26.3 Å². The van der Waals surface area contributed by atoms with Crippen molar-refractivity contribution in [2.45, 2.75) is 42.3 Å². The minimum absolute atomic E-state index is 0.0353. The van der Waals surface area contributed by atoms with Gasteiger partial charge in [-0.2, -0.15) is 0 Å². The number of thioether (sulfide) groups is 1. The molecule has 1 aromatic heterocycles. The van der Waals surface area contributed by atoms with Crippen LogP contribution in [0.5, 0.6) is 0 Å². The summed E-state index contributed by atoms with van der Waals surface area (Å²) < 4.78 is 28.7. The van der Waals surface area contributed by atoms with Crippen LogP contribution in [0.25, 0.3) is 0 Å². The maximum Gasteiger partial charge on any atom is 0.311 e. The molecule has 0 spiro atoms. The second-order valence-corrected chi connectivity index (χ2v) is 10.5. The van der Waals surface area contributed by atoms with E-state index in [-0.39, 0.29) is 41.1 Å². The molecular weight excluding hydrogens is 384 g/mol. The first kappa shape index (κ1) is 20.2. The Hall–Kier alpha value is -1.13. The number of sulfone groups is 1. The van der Waals surface area contributed by atoms with E-state index in [4.69, 9.17) is 4.74 Å². The lowest BCUT2D eigenvalue weighted by molar-refractivity contribution is -0.142. The summed E-state index contributed by atoms with van der Waals surface area (Å²) in [5.41, 5.74) is 0.626. The van der Waals surface area contributed by atoms with Gasteiger partial charge in [-0.1, -0.05) is 11.8 Å². The van der Waals surface area contributed by atoms with E-state index in [1.165, 1.54) is 28.0 Å². The maximum absolute atomic E-state index is 12.5. The van der Waals surface area contributed by atoms with Crippen LogP contribution in [0.3, 0.4) is 0 Å². The average molecular weight is 407 g/mol. The summed E-state index contributed by atoms with van der Waals surface area (Å²) in [6.45, 7) is 3.86. The van der Waals surface area contributed by atoms with Crippen LogP contribution in [-0.4, -0.2) is 66.6 Å². The number of aromatic nitrogens is 1. The van der Waals surface area contributed by atoms with Crippen molar-refractivity contribution in [1.82, 2.24) is 9.88 Å². The Balaban J connectivity index is 1.90. The standard InChI is InChI=1S/C15H22N2O5S3/c1-4-22-13(18)7-11-8-23-15(16-11)24-10(2)14(19)17(3)12-5-6-25(20,21)9-12/h8,10,12H,4-7,9H2,1-3H3/t10-,12+/m0/s1. The first-order valence-corrected chi connectivity index (χ1v) is 11.5. The number of nitrogens with zero attached hydrogens (tertiary/aromatic N) is 2. The minimum Gasteiger partial charge on any atom is -0.466 e. The topological polar surface area (TPSA) is 93.6 Å². The Labute approximate surface area is 156 Å². The van der Waals surface area contributed by atoms with Gasteiger partial charge in [0.1, 0.15) is 0 Å². The molecule has 2 rings (SSSR count). The molecule has 7 nitrogen and oxygen atoms in total. The summed E-state index contributed by atoms with van der Waals surface area (Å²) >= 11 is 2.69. The molecule has 1 saturated heterocycles. The number of amides is 1. The molecule has 25 heavy (non-hydrogen) atoms. The Morgan fingerprint density at radius 3 is 2.84 bits per heavy atom. The molecule has 2 atom stereocenters. The Bertz CT molecular complexity index is 731. The Kier molecular flexibility index (Phi) is 6.86. The summed E-state index contributed by atoms with van der Waals surface area (Å²) in [4.78, 5) is 29.9. The van der Waals surface area contributed by atoms with Gasteiger partial charge in [0.15, 0.2) is 14.2 Å². The zero-order valence-corrected chi connectivity index (χ0v) is 16.9. The minimum atomic E-state index is -3.03. The van der Waals surface area contributed by atoms with Gasteiger partial charge in [-0.05, 0) is 20.3 Å². The van der Waals surface area contributed by atoms with Crippen molar-refractivity contribution in [3.8, 4) is 0 Å². The second-order valence-electron chi connectivity index (χ2n) is 5.85. The molecule has 1 fully saturated rings. The van der Waals surface area contributed by atoms with Crippen LogP contribution in [0.2, 0.25) is 0 Å². The molecule has 1 aromatic rings. The third kappa shape index (κ3) is 5.68. The number of carbonyl (C=O) groups excluding carboxylic acids is 2. The number of ether oxygens (including phenoxy) is 1. The van der Waals surface area contributed by atoms with Crippen LogP contribution in [0.4, 0.5) is 0 Å². The Morgan fingerprint density at radius 1 is 1.52 bits per heavy atom. The third-order valence-corrected chi connectivity index (χ3v) is 7.75. The van der Waals surface area contributed by atoms with Gasteiger partial charge < -0.3 is 9.64 Å². The molecule has 1 aliphatic heterocycles. The molecule has 0 saturated carbocycles. The monoisotopic (exact) mass is 406 g/mol. The number of rotatable bonds is 7. The fourth-order valence-corrected chi connectivity index (χ4v) is 6.39. The zero-order chi connectivity index (χ0) is 18.6. The van der Waals surface area contributed by atoms with Crippen molar-refractivity contribution < 1.29 is 22.7 Å². The number of hydrogen-bond donors (Lipinski definition) is 0. The van der Waals surface area contributed by atoms with E-state index < -0.39 is 9.84 Å². The average Bonchev–Trinajstić information content (AvgIpc) is 3.12. The number of esters is 1. The van der Waals surface area contributed by atoms with Crippen LogP contribution >= 0.6 is 23.1 Å². The summed E-state index contributed by atoms with van der Waals surface area (Å²) in [6.07, 6.45) is 0.607. The first-order valence-electron chi connectivity index (χ1n) is 7.95. The Morgan fingerprint density at radius 2 is 2.24 bits per heavy atom. The van der Waals surface area contributed by atoms with Gasteiger partial charge in [0.25, 0.3) is 0 Å². The van der Waals surface area contributed by atoms with Gasteiger partial charge in [0, 0.05) is 18.5 Å². The van der Waals surface area contributed by atoms with Crippen molar-refractivity contribution >= 4 is 44.8 Å². The predicted octanol–water partition coefficient (Wildman–Crippen LogP) is 1.37. The zero-order valence-electron chi connectivity index (χ0n) is 14.4. The molecule has 0 aliphatic carbocycles. The second kappa shape index (κ2) is 8.50. The summed E-state index contributed by atoms with van der Waals surface area (Å²) in [5, 5.41) is 1.40. The summed E-state index contributed by atoms with van der Waals surface area (Å²) in [7, 11) is -1.37. The van der Waals surface area contributed by atoms with Gasteiger partial charge in [-0.3, -0.25) is 9.59 Å². The molecule has 10 heteroatoms. The summed E-state index contributed by atoms with van der Waals surface area (Å²) in [6, 6.07) is -0.254. The number of thiazole rings is 1. The van der Waals surface area contributed by atoms with Crippen LogP contribution in [0.1, 0.15) is 26.0 Å². The molecule has 2 heterocycles. The van der Waals surface area contributed by atoms with Gasteiger partial charge in [0.05, 0.1) is 35.5 Å². The normalized spacial score (nSPS) is 20.2. The summed E-state index contributed by atoms with van der Waals surface area (Å²) in [5.74, 6) is -0.265. The fourth-order valence-electron chi connectivity index (χ4n) is 2.53. The number of hydrogen-bond acceptors (Lipinski definition) is 8. The molecule has 0 aromatic carbocycles. The van der Waals surface area contributed by atoms with E-state index in [1.807, 2.05) is 0 Å². The number of carbonyl (C=O) groups is 2. The van der Waals surface area contributed by atoms with Crippen LogP contribution in [0, 0.1) is 0 Å². The van der Waals surface area contributed by atoms with E-state index in [9.17, 15) is 18.0 Å². The lowest BCUT2D eigenvalue weighted by Crippen LogP contribution is -2.41. The van der Waals surface area contributed by atoms with Gasteiger partial charge >= 0.3 is 5.97 Å². The molecule has 0 radical (unpaired) electrons. The van der Waals surface area contributed by atoms with Crippen molar-refractivity contribution in [3.05, 3.63) is 11.1 Å². The molecule has 1 aliphatic rings. The highest BCUT2D eigenvalue weighted by atomic mass is 32.2. The van der Waals surface area contributed by atoms with E-state index in [0.29, 0.717) is 23.1 Å². The van der Waals surface area contributed by atoms with Crippen molar-refractivity contribution in [1.29, 1.82) is 0 Å². The highest BCUT2D eigenvalue weighted by Crippen LogP contribution is 2.29.